The minimum Gasteiger partial charge on any atom is -0.326 e. The number of alkyl halides is 2. The second-order valence-corrected chi connectivity index (χ2v) is 11.8. The smallest absolute Gasteiger partial charge is 0.256 e. The molecule has 3 N–H and O–H groups in total. The summed E-state index contributed by atoms with van der Waals surface area (Å²) in [6, 6.07) is 52.1. The van der Waals surface area contributed by atoms with Gasteiger partial charge in [-0.25, -0.2) is 0 Å². The maximum atomic E-state index is 11.9. The molecule has 3 radical (unpaired) electrons. The molecule has 3 aliphatic rings. The molecule has 299 valence electrons. The average molecular weight is 913 g/mol. The van der Waals surface area contributed by atoms with Crippen molar-refractivity contribution in [2.75, 3.05) is 27.6 Å². The fourth-order valence-corrected chi connectivity index (χ4v) is 5.69. The molecular formula is C49H47BBr2N3O4. The molecule has 6 aromatic rings. The van der Waals surface area contributed by atoms with Crippen LogP contribution >= 0.6 is 31.9 Å². The molecule has 0 bridgehead atoms. The van der Waals surface area contributed by atoms with E-state index >= 15 is 0 Å². The molecule has 0 atom stereocenters. The Kier molecular flexibility index (Phi) is 22.9. The Morgan fingerprint density at radius 1 is 0.441 bits per heavy atom. The predicted octanol–water partition coefficient (Wildman–Crippen LogP) is 11.7. The zero-order valence-corrected chi connectivity index (χ0v) is 36.7. The SMILES string of the molecule is CBr.CBr.CC.O=C1Cc2ccccc2N1.O=C1Nc2ccccc2C1=Cc1ccccc1.O=C1Nc2ccccc2C1=Cc1ccccc1.O=Cc1ccccc1.[B]. The Labute approximate surface area is 366 Å². The predicted molar refractivity (Wildman–Crippen MR) is 256 cm³/mol. The fourth-order valence-electron chi connectivity index (χ4n) is 5.69. The summed E-state index contributed by atoms with van der Waals surface area (Å²) in [4.78, 5) is 44.5. The number of nitrogens with one attached hydrogen (secondary N) is 3. The molecule has 0 saturated carbocycles. The Morgan fingerprint density at radius 2 is 0.780 bits per heavy atom. The van der Waals surface area contributed by atoms with Crippen molar-refractivity contribution in [1.29, 1.82) is 0 Å². The van der Waals surface area contributed by atoms with Crippen molar-refractivity contribution >= 4 is 105 Å². The van der Waals surface area contributed by atoms with E-state index in [-0.39, 0.29) is 26.1 Å². The Morgan fingerprint density at radius 3 is 1.15 bits per heavy atom. The molecule has 9 rings (SSSR count). The van der Waals surface area contributed by atoms with E-state index in [2.05, 4.69) is 47.8 Å². The van der Waals surface area contributed by atoms with Crippen molar-refractivity contribution in [3.8, 4) is 0 Å². The van der Waals surface area contributed by atoms with E-state index in [1.807, 2.05) is 189 Å². The van der Waals surface area contributed by atoms with E-state index in [1.54, 1.807) is 12.1 Å². The van der Waals surface area contributed by atoms with Crippen LogP contribution in [-0.2, 0) is 20.8 Å². The lowest BCUT2D eigenvalue weighted by Crippen LogP contribution is -2.03. The second kappa shape index (κ2) is 27.5. The first-order valence-electron chi connectivity index (χ1n) is 18.5. The first-order valence-corrected chi connectivity index (χ1v) is 21.6. The zero-order valence-electron chi connectivity index (χ0n) is 33.5. The third-order valence-corrected chi connectivity index (χ3v) is 8.22. The highest BCUT2D eigenvalue weighted by Gasteiger charge is 2.24. The highest BCUT2D eigenvalue weighted by Crippen LogP contribution is 2.33. The van der Waals surface area contributed by atoms with Crippen molar-refractivity contribution in [2.24, 2.45) is 0 Å². The van der Waals surface area contributed by atoms with E-state index in [0.717, 1.165) is 67.9 Å². The molecule has 0 unspecified atom stereocenters. The molecule has 3 amide bonds. The zero-order chi connectivity index (χ0) is 42.1. The molecule has 0 aromatic heterocycles. The quantitative estimate of drug-likeness (QED) is 0.0712. The van der Waals surface area contributed by atoms with Crippen molar-refractivity contribution in [3.63, 3.8) is 0 Å². The summed E-state index contributed by atoms with van der Waals surface area (Å²) in [5.41, 5.74) is 10.1. The summed E-state index contributed by atoms with van der Waals surface area (Å²) < 4.78 is 0. The number of fused-ring (bicyclic) bond motifs is 3. The summed E-state index contributed by atoms with van der Waals surface area (Å²) in [6.45, 7) is 4.00. The lowest BCUT2D eigenvalue weighted by molar-refractivity contribution is -0.115. The topological polar surface area (TPSA) is 104 Å². The van der Waals surface area contributed by atoms with Gasteiger partial charge in [-0.1, -0.05) is 191 Å². The summed E-state index contributed by atoms with van der Waals surface area (Å²) in [5.74, 6) is 3.66. The Bertz CT molecular complexity index is 2150. The number of rotatable bonds is 3. The molecule has 0 aliphatic carbocycles. The van der Waals surface area contributed by atoms with Crippen LogP contribution in [0.1, 0.15) is 52.0 Å². The molecule has 59 heavy (non-hydrogen) atoms. The van der Waals surface area contributed by atoms with Crippen LogP contribution in [0.3, 0.4) is 0 Å². The molecule has 10 heteroatoms. The lowest BCUT2D eigenvalue weighted by atomic mass is 10.0. The molecule has 3 aliphatic heterocycles. The normalized spacial score (nSPS) is 13.0. The van der Waals surface area contributed by atoms with E-state index in [9.17, 15) is 19.2 Å². The summed E-state index contributed by atoms with van der Waals surface area (Å²) >= 11 is 5.88. The van der Waals surface area contributed by atoms with Crippen LogP contribution in [0.2, 0.25) is 0 Å². The third kappa shape index (κ3) is 15.0. The number of amides is 3. The van der Waals surface area contributed by atoms with Gasteiger partial charge in [0.2, 0.25) is 5.91 Å². The van der Waals surface area contributed by atoms with Crippen LogP contribution in [-0.4, -0.2) is 44.1 Å². The molecule has 6 aromatic carbocycles. The standard InChI is InChI=1S/2C15H11NO.C8H7NO.C7H6O.C2H6.2CH3Br.B/c2*17-15-13(10-11-6-2-1-3-7-11)12-8-4-5-9-14(12)16-15;10-8-5-6-3-1-2-4-7(6)9-8;8-6-7-4-2-1-3-5-7;3*1-2;/h2*1-10H,(H,16,17);1-4H,5H2,(H,9,10);1-6H;1-2H3;2*1H3;. The molecular weight excluding hydrogens is 865 g/mol. The molecule has 7 nitrogen and oxygen atoms in total. The number of hydrogen-bond donors (Lipinski definition) is 3. The molecule has 0 fully saturated rings. The van der Waals surface area contributed by atoms with E-state index in [0.29, 0.717) is 6.42 Å². The third-order valence-electron chi connectivity index (χ3n) is 8.22. The number of benzene rings is 6. The number of hydrogen-bond acceptors (Lipinski definition) is 4. The van der Waals surface area contributed by atoms with E-state index in [4.69, 9.17) is 0 Å². The van der Waals surface area contributed by atoms with Crippen LogP contribution in [0.5, 0.6) is 0 Å². The maximum absolute atomic E-state index is 11.9. The first-order chi connectivity index (χ1) is 28.5. The number of carbonyl (C=O) groups is 4. The summed E-state index contributed by atoms with van der Waals surface area (Å²) in [7, 11) is 0. The number of carbonyl (C=O) groups excluding carboxylic acids is 4. The van der Waals surface area contributed by atoms with Gasteiger partial charge in [0.25, 0.3) is 11.8 Å². The van der Waals surface area contributed by atoms with Gasteiger partial charge in [-0.05, 0) is 58.7 Å². The van der Waals surface area contributed by atoms with Gasteiger partial charge in [-0.3, -0.25) is 19.2 Å². The molecule has 3 heterocycles. The van der Waals surface area contributed by atoms with Gasteiger partial charge >= 0.3 is 0 Å². The minimum absolute atomic E-state index is 0. The molecule has 0 spiro atoms. The highest BCUT2D eigenvalue weighted by molar-refractivity contribution is 9.09. The van der Waals surface area contributed by atoms with Crippen LogP contribution in [0.4, 0.5) is 17.1 Å². The second-order valence-electron chi connectivity index (χ2n) is 11.8. The van der Waals surface area contributed by atoms with Crippen LogP contribution in [0.25, 0.3) is 23.3 Å². The summed E-state index contributed by atoms with van der Waals surface area (Å²) in [5, 5.41) is 8.48. The monoisotopic (exact) mass is 910 g/mol. The first kappa shape index (κ1) is 49.1. The Hall–Kier alpha value is -6.10. The minimum atomic E-state index is -0.0324. The van der Waals surface area contributed by atoms with Crippen molar-refractivity contribution in [3.05, 3.63) is 197 Å². The number of anilines is 3. The van der Waals surface area contributed by atoms with Gasteiger partial charge in [0.05, 0.1) is 6.42 Å². The van der Waals surface area contributed by atoms with Gasteiger partial charge < -0.3 is 16.0 Å². The van der Waals surface area contributed by atoms with Crippen molar-refractivity contribution in [1.82, 2.24) is 0 Å². The largest absolute Gasteiger partial charge is 0.326 e. The number of aldehydes is 1. The van der Waals surface area contributed by atoms with Crippen LogP contribution in [0.15, 0.2) is 164 Å². The van der Waals surface area contributed by atoms with Crippen molar-refractivity contribution in [2.45, 2.75) is 20.3 Å². The van der Waals surface area contributed by atoms with Gasteiger partial charge in [0, 0.05) is 53.3 Å². The Balaban J connectivity index is 0.000000268. The average Bonchev–Trinajstić information content (AvgIpc) is 3.95. The maximum Gasteiger partial charge on any atom is 0.256 e. The van der Waals surface area contributed by atoms with Gasteiger partial charge in [-0.2, -0.15) is 0 Å². The van der Waals surface area contributed by atoms with Crippen molar-refractivity contribution < 1.29 is 19.2 Å². The summed E-state index contributed by atoms with van der Waals surface area (Å²) in [6.07, 6.45) is 5.21. The number of para-hydroxylation sites is 3. The van der Waals surface area contributed by atoms with E-state index in [1.165, 1.54) is 0 Å². The van der Waals surface area contributed by atoms with Crippen LogP contribution < -0.4 is 16.0 Å². The van der Waals surface area contributed by atoms with Gasteiger partial charge in [0.1, 0.15) is 6.29 Å². The number of halogens is 2. The molecule has 0 saturated heterocycles. The lowest BCUT2D eigenvalue weighted by Gasteiger charge is -1.97. The highest BCUT2D eigenvalue weighted by atomic mass is 79.9. The fraction of sp³-hybridized carbons (Fsp3) is 0.102. The van der Waals surface area contributed by atoms with Crippen LogP contribution in [0, 0.1) is 0 Å². The van der Waals surface area contributed by atoms with E-state index < -0.39 is 0 Å². The van der Waals surface area contributed by atoms with Gasteiger partial charge in [0.15, 0.2) is 0 Å². The van der Waals surface area contributed by atoms with Gasteiger partial charge in [-0.15, -0.1) is 0 Å².